The van der Waals surface area contributed by atoms with Crippen LogP contribution in [0.5, 0.6) is 0 Å². The Kier molecular flexibility index (Phi) is 5.87. The molecule has 1 saturated heterocycles. The molecule has 0 saturated carbocycles. The van der Waals surface area contributed by atoms with Gasteiger partial charge in [-0.1, -0.05) is 42.5 Å². The summed E-state index contributed by atoms with van der Waals surface area (Å²) in [5.74, 6) is 0.633. The molecule has 0 aliphatic carbocycles. The summed E-state index contributed by atoms with van der Waals surface area (Å²) >= 11 is 0. The fourth-order valence-corrected chi connectivity index (χ4v) is 3.46. The molecule has 1 fully saturated rings. The second-order valence-electron chi connectivity index (χ2n) is 7.23. The monoisotopic (exact) mass is 336 g/mol. The summed E-state index contributed by atoms with van der Waals surface area (Å²) in [6, 6.07) is 18.7. The Morgan fingerprint density at radius 3 is 2.20 bits per heavy atom. The summed E-state index contributed by atoms with van der Waals surface area (Å²) in [4.78, 5) is 14.9. The van der Waals surface area contributed by atoms with Gasteiger partial charge in [0.05, 0.1) is 0 Å². The van der Waals surface area contributed by atoms with Gasteiger partial charge in [0.15, 0.2) is 0 Å². The van der Waals surface area contributed by atoms with Crippen LogP contribution in [0.15, 0.2) is 54.6 Å². The minimum Gasteiger partial charge on any atom is -0.352 e. The quantitative estimate of drug-likeness (QED) is 0.887. The zero-order chi connectivity index (χ0) is 17.6. The lowest BCUT2D eigenvalue weighted by molar-refractivity contribution is 0.0929. The molecule has 0 radical (unpaired) electrons. The van der Waals surface area contributed by atoms with Gasteiger partial charge in [-0.25, -0.2) is 0 Å². The fraction of sp³-hybridized carbons (Fsp3) is 0.409. The molecule has 1 amide bonds. The van der Waals surface area contributed by atoms with Crippen molar-refractivity contribution in [1.82, 2.24) is 10.2 Å². The third kappa shape index (κ3) is 4.70. The van der Waals surface area contributed by atoms with E-state index in [-0.39, 0.29) is 5.91 Å². The van der Waals surface area contributed by atoms with E-state index in [0.717, 1.165) is 30.8 Å². The normalized spacial score (nSPS) is 16.1. The molecule has 1 aliphatic heterocycles. The maximum atomic E-state index is 12.4. The van der Waals surface area contributed by atoms with Crippen LogP contribution in [-0.2, 0) is 0 Å². The van der Waals surface area contributed by atoms with E-state index in [1.54, 1.807) is 0 Å². The topological polar surface area (TPSA) is 32.3 Å². The molecule has 3 heteroatoms. The number of carbonyl (C=O) groups is 1. The van der Waals surface area contributed by atoms with Crippen LogP contribution in [-0.4, -0.2) is 36.5 Å². The first kappa shape index (κ1) is 17.7. The first-order valence-electron chi connectivity index (χ1n) is 9.31. The molecular weight excluding hydrogens is 308 g/mol. The SMILES string of the molecule is CC(C)N1CCC(CNC(=O)c2ccc(-c3ccccc3)cc2)CC1. The highest BCUT2D eigenvalue weighted by Crippen LogP contribution is 2.20. The van der Waals surface area contributed by atoms with Crippen molar-refractivity contribution in [3.63, 3.8) is 0 Å². The van der Waals surface area contributed by atoms with Gasteiger partial charge in [-0.2, -0.15) is 0 Å². The van der Waals surface area contributed by atoms with Gasteiger partial charge >= 0.3 is 0 Å². The Morgan fingerprint density at radius 2 is 1.60 bits per heavy atom. The largest absolute Gasteiger partial charge is 0.352 e. The van der Waals surface area contributed by atoms with Crippen LogP contribution in [0.25, 0.3) is 11.1 Å². The van der Waals surface area contributed by atoms with Crippen molar-refractivity contribution in [2.45, 2.75) is 32.7 Å². The van der Waals surface area contributed by atoms with E-state index in [1.165, 1.54) is 18.4 Å². The van der Waals surface area contributed by atoms with Gasteiger partial charge < -0.3 is 10.2 Å². The lowest BCUT2D eigenvalue weighted by Gasteiger charge is -2.34. The summed E-state index contributed by atoms with van der Waals surface area (Å²) in [6.45, 7) is 7.57. The number of nitrogens with one attached hydrogen (secondary N) is 1. The molecule has 0 spiro atoms. The standard InChI is InChI=1S/C22H28N2O/c1-17(2)24-14-12-18(13-15-24)16-23-22(25)21-10-8-20(9-11-21)19-6-4-3-5-7-19/h3-11,17-18H,12-16H2,1-2H3,(H,23,25). The number of hydrogen-bond donors (Lipinski definition) is 1. The molecule has 132 valence electrons. The lowest BCUT2D eigenvalue weighted by atomic mass is 9.96. The lowest BCUT2D eigenvalue weighted by Crippen LogP contribution is -2.41. The van der Waals surface area contributed by atoms with Gasteiger partial charge in [-0.3, -0.25) is 4.79 Å². The highest BCUT2D eigenvalue weighted by molar-refractivity contribution is 5.94. The highest BCUT2D eigenvalue weighted by Gasteiger charge is 2.21. The van der Waals surface area contributed by atoms with Crippen LogP contribution in [0.2, 0.25) is 0 Å². The predicted octanol–water partition coefficient (Wildman–Crippen LogP) is 4.20. The minimum absolute atomic E-state index is 0.0332. The van der Waals surface area contributed by atoms with Gasteiger partial charge in [0.2, 0.25) is 0 Å². The van der Waals surface area contributed by atoms with Crippen molar-refractivity contribution in [3.05, 3.63) is 60.2 Å². The van der Waals surface area contributed by atoms with Crippen LogP contribution in [0.1, 0.15) is 37.0 Å². The van der Waals surface area contributed by atoms with Crippen LogP contribution >= 0.6 is 0 Å². The molecule has 3 nitrogen and oxygen atoms in total. The predicted molar refractivity (Wildman–Crippen MR) is 104 cm³/mol. The molecule has 0 aromatic heterocycles. The maximum Gasteiger partial charge on any atom is 0.251 e. The molecule has 2 aromatic rings. The average Bonchev–Trinajstić information content (AvgIpc) is 2.67. The maximum absolute atomic E-state index is 12.4. The third-order valence-corrected chi connectivity index (χ3v) is 5.18. The Balaban J connectivity index is 1.50. The first-order chi connectivity index (χ1) is 12.1. The summed E-state index contributed by atoms with van der Waals surface area (Å²) in [7, 11) is 0. The Bertz CT molecular complexity index is 671. The van der Waals surface area contributed by atoms with Crippen molar-refractivity contribution in [2.24, 2.45) is 5.92 Å². The van der Waals surface area contributed by atoms with Crippen LogP contribution in [0.3, 0.4) is 0 Å². The second-order valence-corrected chi connectivity index (χ2v) is 7.23. The number of hydrogen-bond acceptors (Lipinski definition) is 2. The van der Waals surface area contributed by atoms with E-state index in [2.05, 4.69) is 36.2 Å². The van der Waals surface area contributed by atoms with E-state index < -0.39 is 0 Å². The zero-order valence-corrected chi connectivity index (χ0v) is 15.2. The molecular formula is C22H28N2O. The molecule has 0 bridgehead atoms. The molecule has 3 rings (SSSR count). The number of rotatable bonds is 5. The van der Waals surface area contributed by atoms with E-state index in [0.29, 0.717) is 12.0 Å². The van der Waals surface area contributed by atoms with Crippen molar-refractivity contribution < 1.29 is 4.79 Å². The summed E-state index contributed by atoms with van der Waals surface area (Å²) in [6.07, 6.45) is 2.34. The van der Waals surface area contributed by atoms with Crippen molar-refractivity contribution in [2.75, 3.05) is 19.6 Å². The molecule has 25 heavy (non-hydrogen) atoms. The van der Waals surface area contributed by atoms with Crippen molar-refractivity contribution in [1.29, 1.82) is 0 Å². The number of benzene rings is 2. The van der Waals surface area contributed by atoms with E-state index in [4.69, 9.17) is 0 Å². The van der Waals surface area contributed by atoms with Gasteiger partial charge in [0, 0.05) is 18.2 Å². The smallest absolute Gasteiger partial charge is 0.251 e. The van der Waals surface area contributed by atoms with E-state index >= 15 is 0 Å². The zero-order valence-electron chi connectivity index (χ0n) is 15.2. The van der Waals surface area contributed by atoms with Crippen LogP contribution < -0.4 is 5.32 Å². The van der Waals surface area contributed by atoms with E-state index in [1.807, 2.05) is 42.5 Å². The summed E-state index contributed by atoms with van der Waals surface area (Å²) < 4.78 is 0. The number of carbonyl (C=O) groups excluding carboxylic acids is 1. The molecule has 0 unspecified atom stereocenters. The molecule has 1 heterocycles. The molecule has 0 atom stereocenters. The van der Waals surface area contributed by atoms with Crippen LogP contribution in [0.4, 0.5) is 0 Å². The molecule has 1 aliphatic rings. The summed E-state index contributed by atoms with van der Waals surface area (Å²) in [5.41, 5.74) is 3.05. The third-order valence-electron chi connectivity index (χ3n) is 5.18. The minimum atomic E-state index is 0.0332. The van der Waals surface area contributed by atoms with Crippen molar-refractivity contribution in [3.8, 4) is 11.1 Å². The Morgan fingerprint density at radius 1 is 1.00 bits per heavy atom. The fourth-order valence-electron chi connectivity index (χ4n) is 3.46. The number of nitrogens with zero attached hydrogens (tertiary/aromatic N) is 1. The van der Waals surface area contributed by atoms with Gasteiger partial charge in [0.1, 0.15) is 0 Å². The van der Waals surface area contributed by atoms with E-state index in [9.17, 15) is 4.79 Å². The molecule has 1 N–H and O–H groups in total. The molecule has 2 aromatic carbocycles. The van der Waals surface area contributed by atoms with Crippen molar-refractivity contribution >= 4 is 5.91 Å². The average molecular weight is 336 g/mol. The number of amides is 1. The highest BCUT2D eigenvalue weighted by atomic mass is 16.1. The number of piperidine rings is 1. The van der Waals surface area contributed by atoms with Gasteiger partial charge in [0.25, 0.3) is 5.91 Å². The van der Waals surface area contributed by atoms with Crippen LogP contribution in [0, 0.1) is 5.92 Å². The number of likely N-dealkylation sites (tertiary alicyclic amines) is 1. The van der Waals surface area contributed by atoms with Gasteiger partial charge in [-0.05, 0) is 69.0 Å². The van der Waals surface area contributed by atoms with Gasteiger partial charge in [-0.15, -0.1) is 0 Å². The first-order valence-corrected chi connectivity index (χ1v) is 9.31. The Labute approximate surface area is 151 Å². The summed E-state index contributed by atoms with van der Waals surface area (Å²) in [5, 5.41) is 3.11. The Hall–Kier alpha value is -2.13. The second kappa shape index (κ2) is 8.30.